The summed E-state index contributed by atoms with van der Waals surface area (Å²) in [6.07, 6.45) is 3.86. The molecule has 0 radical (unpaired) electrons. The maximum absolute atomic E-state index is 12.5. The summed E-state index contributed by atoms with van der Waals surface area (Å²) in [4.78, 5) is 25.2. The number of carboxylic acid groups (broad SMARTS) is 1. The highest BCUT2D eigenvalue weighted by Gasteiger charge is 2.31. The molecule has 0 spiro atoms. The van der Waals surface area contributed by atoms with Crippen LogP contribution < -0.4 is 5.32 Å². The van der Waals surface area contributed by atoms with Crippen LogP contribution in [0.25, 0.3) is 0 Å². The lowest BCUT2D eigenvalue weighted by molar-refractivity contribution is -0.142. The second-order valence-corrected chi connectivity index (χ2v) is 5.97. The number of amides is 1. The van der Waals surface area contributed by atoms with Gasteiger partial charge >= 0.3 is 5.97 Å². The van der Waals surface area contributed by atoms with Gasteiger partial charge in [0.05, 0.1) is 0 Å². The van der Waals surface area contributed by atoms with Crippen LogP contribution in [0.2, 0.25) is 0 Å². The van der Waals surface area contributed by atoms with Gasteiger partial charge in [-0.15, -0.1) is 0 Å². The van der Waals surface area contributed by atoms with Gasteiger partial charge in [-0.1, -0.05) is 0 Å². The molecule has 0 bridgehead atoms. The third-order valence-electron chi connectivity index (χ3n) is 4.27. The Morgan fingerprint density at radius 2 is 2.16 bits per heavy atom. The summed E-state index contributed by atoms with van der Waals surface area (Å²) in [5, 5.41) is 12.2. The lowest BCUT2D eigenvalue weighted by atomic mass is 9.89. The number of aliphatic carboxylic acids is 1. The third-order valence-corrected chi connectivity index (χ3v) is 4.27. The number of nitrogens with one attached hydrogen (secondary N) is 1. The zero-order valence-electron chi connectivity index (χ0n) is 11.6. The van der Waals surface area contributed by atoms with Crippen molar-refractivity contribution in [3.05, 3.63) is 0 Å². The van der Waals surface area contributed by atoms with Crippen molar-refractivity contribution in [3.8, 4) is 0 Å². The molecule has 0 aliphatic carbocycles. The van der Waals surface area contributed by atoms with E-state index in [2.05, 4.69) is 12.2 Å². The predicted octanol–water partition coefficient (Wildman–Crippen LogP) is 1.09. The minimum absolute atomic E-state index is 0.125. The van der Waals surface area contributed by atoms with Gasteiger partial charge in [-0.25, -0.2) is 0 Å². The number of nitrogens with zero attached hydrogens (tertiary/aromatic N) is 1. The number of hydrogen-bond acceptors (Lipinski definition) is 3. The molecule has 2 rings (SSSR count). The maximum atomic E-state index is 12.5. The first-order valence-electron chi connectivity index (χ1n) is 7.30. The van der Waals surface area contributed by atoms with Crippen LogP contribution in [0.3, 0.4) is 0 Å². The Morgan fingerprint density at radius 1 is 1.37 bits per heavy atom. The van der Waals surface area contributed by atoms with Gasteiger partial charge in [0.25, 0.3) is 0 Å². The zero-order chi connectivity index (χ0) is 13.8. The van der Waals surface area contributed by atoms with Crippen molar-refractivity contribution < 1.29 is 14.7 Å². The first-order valence-corrected chi connectivity index (χ1v) is 7.30. The molecule has 2 aliphatic heterocycles. The molecular formula is C14H24N2O3. The summed E-state index contributed by atoms with van der Waals surface area (Å²) in [6, 6.07) is 0.405. The van der Waals surface area contributed by atoms with Gasteiger partial charge in [0.15, 0.2) is 0 Å². The summed E-state index contributed by atoms with van der Waals surface area (Å²) in [6.45, 7) is 4.45. The van der Waals surface area contributed by atoms with E-state index in [1.54, 1.807) is 0 Å². The van der Waals surface area contributed by atoms with E-state index in [1.165, 1.54) is 0 Å². The van der Waals surface area contributed by atoms with Crippen molar-refractivity contribution in [1.29, 1.82) is 0 Å². The van der Waals surface area contributed by atoms with Crippen molar-refractivity contribution in [1.82, 2.24) is 10.2 Å². The Bertz CT molecular complexity index is 346. The fraction of sp³-hybridized carbons (Fsp3) is 0.857. The standard InChI is InChI=1S/C14H24N2O3/c1-10-7-12(4-5-15-10)14(19)16-6-2-3-11(9-16)8-13(17)18/h10-12,15H,2-9H2,1H3,(H,17,18). The molecule has 3 atom stereocenters. The van der Waals surface area contributed by atoms with Crippen LogP contribution in [0, 0.1) is 11.8 Å². The molecule has 2 saturated heterocycles. The Labute approximate surface area is 114 Å². The average Bonchev–Trinajstić information content (AvgIpc) is 2.37. The summed E-state index contributed by atoms with van der Waals surface area (Å²) in [5.74, 6) is -0.257. The van der Waals surface area contributed by atoms with E-state index in [4.69, 9.17) is 5.11 Å². The van der Waals surface area contributed by atoms with Gasteiger partial charge in [-0.05, 0) is 45.1 Å². The van der Waals surface area contributed by atoms with Gasteiger partial charge in [-0.3, -0.25) is 9.59 Å². The minimum Gasteiger partial charge on any atom is -0.481 e. The molecule has 3 unspecified atom stereocenters. The van der Waals surface area contributed by atoms with E-state index in [0.29, 0.717) is 12.6 Å². The van der Waals surface area contributed by atoms with E-state index >= 15 is 0 Å². The molecule has 5 nitrogen and oxygen atoms in total. The number of rotatable bonds is 3. The largest absolute Gasteiger partial charge is 0.481 e. The first kappa shape index (κ1) is 14.3. The zero-order valence-corrected chi connectivity index (χ0v) is 11.6. The SMILES string of the molecule is CC1CC(C(=O)N2CCCC(CC(=O)O)C2)CCN1. The van der Waals surface area contributed by atoms with Crippen LogP contribution in [-0.4, -0.2) is 47.6 Å². The molecule has 0 saturated carbocycles. The highest BCUT2D eigenvalue weighted by atomic mass is 16.4. The number of carboxylic acids is 1. The highest BCUT2D eigenvalue weighted by Crippen LogP contribution is 2.24. The summed E-state index contributed by atoms with van der Waals surface area (Å²) < 4.78 is 0. The molecule has 2 N–H and O–H groups in total. The van der Waals surface area contributed by atoms with Crippen LogP contribution in [0.5, 0.6) is 0 Å². The molecule has 0 aromatic rings. The fourth-order valence-corrected chi connectivity index (χ4v) is 3.29. The molecule has 19 heavy (non-hydrogen) atoms. The Kier molecular flexibility index (Phi) is 4.80. The topological polar surface area (TPSA) is 69.6 Å². The molecule has 2 aliphatic rings. The maximum Gasteiger partial charge on any atom is 0.303 e. The molecule has 2 fully saturated rings. The minimum atomic E-state index is -0.755. The number of likely N-dealkylation sites (tertiary alicyclic amines) is 1. The van der Waals surface area contributed by atoms with Crippen LogP contribution >= 0.6 is 0 Å². The fourth-order valence-electron chi connectivity index (χ4n) is 3.29. The lowest BCUT2D eigenvalue weighted by Crippen LogP contribution is -2.47. The van der Waals surface area contributed by atoms with Crippen molar-refractivity contribution in [2.45, 2.75) is 45.1 Å². The number of carbonyl (C=O) groups excluding carboxylic acids is 1. The van der Waals surface area contributed by atoms with E-state index < -0.39 is 5.97 Å². The van der Waals surface area contributed by atoms with Crippen molar-refractivity contribution in [3.63, 3.8) is 0 Å². The van der Waals surface area contributed by atoms with Gasteiger partial charge in [0.1, 0.15) is 0 Å². The van der Waals surface area contributed by atoms with E-state index in [9.17, 15) is 9.59 Å². The normalized spacial score (nSPS) is 32.1. The van der Waals surface area contributed by atoms with Crippen LogP contribution in [0.15, 0.2) is 0 Å². The molecule has 1 amide bonds. The number of hydrogen-bond donors (Lipinski definition) is 2. The molecule has 0 aromatic heterocycles. The molecule has 0 aromatic carbocycles. The summed E-state index contributed by atoms with van der Waals surface area (Å²) in [5.41, 5.74) is 0. The predicted molar refractivity (Wildman–Crippen MR) is 71.7 cm³/mol. The molecule has 2 heterocycles. The monoisotopic (exact) mass is 268 g/mol. The first-order chi connectivity index (χ1) is 9.06. The van der Waals surface area contributed by atoms with Crippen LogP contribution in [-0.2, 0) is 9.59 Å². The summed E-state index contributed by atoms with van der Waals surface area (Å²) >= 11 is 0. The van der Waals surface area contributed by atoms with Crippen LogP contribution in [0.1, 0.15) is 39.0 Å². The Hall–Kier alpha value is -1.10. The number of piperidine rings is 2. The average molecular weight is 268 g/mol. The molecule has 5 heteroatoms. The quantitative estimate of drug-likeness (QED) is 0.804. The molecular weight excluding hydrogens is 244 g/mol. The lowest BCUT2D eigenvalue weighted by Gasteiger charge is -2.36. The molecule has 108 valence electrons. The van der Waals surface area contributed by atoms with E-state index in [-0.39, 0.29) is 24.2 Å². The second kappa shape index (κ2) is 6.37. The smallest absolute Gasteiger partial charge is 0.303 e. The van der Waals surface area contributed by atoms with E-state index in [1.807, 2.05) is 4.90 Å². The summed E-state index contributed by atoms with van der Waals surface area (Å²) in [7, 11) is 0. The number of carbonyl (C=O) groups is 2. The Balaban J connectivity index is 1.89. The van der Waals surface area contributed by atoms with Crippen molar-refractivity contribution in [2.24, 2.45) is 11.8 Å². The van der Waals surface area contributed by atoms with Gasteiger partial charge in [0, 0.05) is 31.5 Å². The van der Waals surface area contributed by atoms with Crippen LogP contribution in [0.4, 0.5) is 0 Å². The van der Waals surface area contributed by atoms with Gasteiger partial charge < -0.3 is 15.3 Å². The van der Waals surface area contributed by atoms with Crippen molar-refractivity contribution in [2.75, 3.05) is 19.6 Å². The van der Waals surface area contributed by atoms with Gasteiger partial charge in [0.2, 0.25) is 5.91 Å². The highest BCUT2D eigenvalue weighted by molar-refractivity contribution is 5.79. The van der Waals surface area contributed by atoms with Crippen molar-refractivity contribution >= 4 is 11.9 Å². The second-order valence-electron chi connectivity index (χ2n) is 5.97. The van der Waals surface area contributed by atoms with E-state index in [0.717, 1.165) is 38.8 Å². The van der Waals surface area contributed by atoms with Gasteiger partial charge in [-0.2, -0.15) is 0 Å². The Morgan fingerprint density at radius 3 is 2.84 bits per heavy atom. The third kappa shape index (κ3) is 3.93.